The molecular formula is C16H32N2O. The van der Waals surface area contributed by atoms with E-state index in [1.165, 1.54) is 38.5 Å². The van der Waals surface area contributed by atoms with Gasteiger partial charge in [-0.2, -0.15) is 0 Å². The summed E-state index contributed by atoms with van der Waals surface area (Å²) in [5.41, 5.74) is 6.56. The third-order valence-corrected chi connectivity index (χ3v) is 5.32. The second-order valence-corrected chi connectivity index (χ2v) is 6.82. The smallest absolute Gasteiger partial charge is 0.0590 e. The van der Waals surface area contributed by atoms with E-state index in [-0.39, 0.29) is 5.54 Å². The molecule has 0 aliphatic heterocycles. The third kappa shape index (κ3) is 3.14. The van der Waals surface area contributed by atoms with Crippen molar-refractivity contribution >= 4 is 0 Å². The molecule has 2 saturated carbocycles. The fourth-order valence-corrected chi connectivity index (χ4v) is 4.28. The Kier molecular flexibility index (Phi) is 5.27. The van der Waals surface area contributed by atoms with Gasteiger partial charge in [-0.1, -0.05) is 26.7 Å². The maximum atomic E-state index is 6.32. The van der Waals surface area contributed by atoms with Gasteiger partial charge in [-0.05, 0) is 37.5 Å². The summed E-state index contributed by atoms with van der Waals surface area (Å²) in [5.74, 6) is 1.48. The van der Waals surface area contributed by atoms with Crippen molar-refractivity contribution in [1.82, 2.24) is 4.90 Å². The number of ether oxygens (including phenoxy) is 1. The van der Waals surface area contributed by atoms with Gasteiger partial charge in [0.05, 0.1) is 6.61 Å². The van der Waals surface area contributed by atoms with Gasteiger partial charge in [0.15, 0.2) is 0 Å². The van der Waals surface area contributed by atoms with E-state index in [2.05, 4.69) is 18.7 Å². The molecule has 2 aliphatic rings. The Hall–Kier alpha value is -0.120. The van der Waals surface area contributed by atoms with Crippen LogP contribution in [-0.2, 0) is 4.74 Å². The van der Waals surface area contributed by atoms with Crippen LogP contribution < -0.4 is 5.73 Å². The molecule has 2 atom stereocenters. The average Bonchev–Trinajstić information content (AvgIpc) is 3.23. The first-order valence-corrected chi connectivity index (χ1v) is 8.11. The van der Waals surface area contributed by atoms with Crippen molar-refractivity contribution in [2.24, 2.45) is 17.6 Å². The van der Waals surface area contributed by atoms with Crippen molar-refractivity contribution in [2.45, 2.75) is 64.0 Å². The molecule has 2 fully saturated rings. The average molecular weight is 268 g/mol. The summed E-state index contributed by atoms with van der Waals surface area (Å²) in [6, 6.07) is 0.776. The van der Waals surface area contributed by atoms with Crippen LogP contribution in [0.5, 0.6) is 0 Å². The van der Waals surface area contributed by atoms with Crippen molar-refractivity contribution in [1.29, 1.82) is 0 Å². The standard InChI is InChI=1S/C16H32N2O/c1-13(2)15-6-4-5-9-16(15,12-17)18(10-11-19-3)14-7-8-14/h13-15H,4-12,17H2,1-3H3. The molecule has 0 heterocycles. The van der Waals surface area contributed by atoms with Crippen LogP contribution in [0.2, 0.25) is 0 Å². The first-order chi connectivity index (χ1) is 9.15. The van der Waals surface area contributed by atoms with E-state index < -0.39 is 0 Å². The maximum absolute atomic E-state index is 6.32. The van der Waals surface area contributed by atoms with Crippen LogP contribution in [0, 0.1) is 11.8 Å². The van der Waals surface area contributed by atoms with E-state index in [0.717, 1.165) is 37.6 Å². The van der Waals surface area contributed by atoms with Crippen LogP contribution in [-0.4, -0.2) is 43.3 Å². The largest absolute Gasteiger partial charge is 0.383 e. The number of nitrogens with two attached hydrogens (primary N) is 1. The molecule has 0 aromatic heterocycles. The summed E-state index contributed by atoms with van der Waals surface area (Å²) in [4.78, 5) is 2.74. The summed E-state index contributed by atoms with van der Waals surface area (Å²) < 4.78 is 5.34. The zero-order chi connectivity index (χ0) is 13.9. The Labute approximate surface area is 118 Å². The lowest BCUT2D eigenvalue weighted by atomic mass is 9.66. The molecule has 0 aromatic rings. The molecule has 3 nitrogen and oxygen atoms in total. The topological polar surface area (TPSA) is 38.5 Å². The molecular weight excluding hydrogens is 236 g/mol. The number of hydrogen-bond acceptors (Lipinski definition) is 3. The van der Waals surface area contributed by atoms with E-state index >= 15 is 0 Å². The second kappa shape index (κ2) is 6.55. The van der Waals surface area contributed by atoms with Crippen LogP contribution in [0.4, 0.5) is 0 Å². The molecule has 0 aromatic carbocycles. The molecule has 2 N–H and O–H groups in total. The van der Waals surface area contributed by atoms with Gasteiger partial charge in [0, 0.05) is 31.8 Å². The molecule has 112 valence electrons. The van der Waals surface area contributed by atoms with Crippen LogP contribution in [0.25, 0.3) is 0 Å². The minimum absolute atomic E-state index is 0.242. The number of nitrogens with zero attached hydrogens (tertiary/aromatic N) is 1. The second-order valence-electron chi connectivity index (χ2n) is 6.82. The van der Waals surface area contributed by atoms with Gasteiger partial charge >= 0.3 is 0 Å². The van der Waals surface area contributed by atoms with Gasteiger partial charge in [0.1, 0.15) is 0 Å². The highest BCUT2D eigenvalue weighted by molar-refractivity contribution is 5.05. The Balaban J connectivity index is 2.20. The highest BCUT2D eigenvalue weighted by Crippen LogP contribution is 2.46. The molecule has 0 radical (unpaired) electrons. The first kappa shape index (κ1) is 15.3. The maximum Gasteiger partial charge on any atom is 0.0590 e. The molecule has 0 amide bonds. The van der Waals surface area contributed by atoms with Gasteiger partial charge in [-0.3, -0.25) is 4.90 Å². The molecule has 2 rings (SSSR count). The SMILES string of the molecule is COCCN(C1CC1)C1(CN)CCCCC1C(C)C. The van der Waals surface area contributed by atoms with E-state index in [1.807, 2.05) is 0 Å². The minimum atomic E-state index is 0.242. The van der Waals surface area contributed by atoms with E-state index in [4.69, 9.17) is 10.5 Å². The normalized spacial score (nSPS) is 32.2. The number of hydrogen-bond donors (Lipinski definition) is 1. The van der Waals surface area contributed by atoms with Gasteiger partial charge in [0.2, 0.25) is 0 Å². The Morgan fingerprint density at radius 2 is 2.00 bits per heavy atom. The van der Waals surface area contributed by atoms with E-state index in [0.29, 0.717) is 0 Å². The minimum Gasteiger partial charge on any atom is -0.383 e. The monoisotopic (exact) mass is 268 g/mol. The van der Waals surface area contributed by atoms with Crippen molar-refractivity contribution < 1.29 is 4.74 Å². The quantitative estimate of drug-likeness (QED) is 0.771. The van der Waals surface area contributed by atoms with Crippen LogP contribution in [0.3, 0.4) is 0 Å². The molecule has 0 saturated heterocycles. The molecule has 0 spiro atoms. The van der Waals surface area contributed by atoms with Crippen molar-refractivity contribution in [2.75, 3.05) is 26.8 Å². The van der Waals surface area contributed by atoms with Gasteiger partial charge in [-0.25, -0.2) is 0 Å². The summed E-state index contributed by atoms with van der Waals surface area (Å²) >= 11 is 0. The fraction of sp³-hybridized carbons (Fsp3) is 1.00. The highest BCUT2D eigenvalue weighted by Gasteiger charge is 2.49. The van der Waals surface area contributed by atoms with Crippen LogP contribution in [0.1, 0.15) is 52.4 Å². The Morgan fingerprint density at radius 1 is 1.26 bits per heavy atom. The zero-order valence-electron chi connectivity index (χ0n) is 13.0. The summed E-state index contributed by atoms with van der Waals surface area (Å²) in [6.07, 6.45) is 8.08. The molecule has 2 aliphatic carbocycles. The van der Waals surface area contributed by atoms with Crippen LogP contribution >= 0.6 is 0 Å². The van der Waals surface area contributed by atoms with Gasteiger partial charge < -0.3 is 10.5 Å². The predicted octanol–water partition coefficient (Wildman–Crippen LogP) is 2.64. The summed E-state index contributed by atoms with van der Waals surface area (Å²) in [5, 5.41) is 0. The highest BCUT2D eigenvalue weighted by atomic mass is 16.5. The van der Waals surface area contributed by atoms with Crippen molar-refractivity contribution in [3.63, 3.8) is 0 Å². The van der Waals surface area contributed by atoms with Gasteiger partial charge in [-0.15, -0.1) is 0 Å². The van der Waals surface area contributed by atoms with E-state index in [1.54, 1.807) is 7.11 Å². The molecule has 3 heteroatoms. The molecule has 0 bridgehead atoms. The van der Waals surface area contributed by atoms with Crippen LogP contribution in [0.15, 0.2) is 0 Å². The molecule has 2 unspecified atom stereocenters. The van der Waals surface area contributed by atoms with Crippen molar-refractivity contribution in [3.05, 3.63) is 0 Å². The molecule has 19 heavy (non-hydrogen) atoms. The lowest BCUT2D eigenvalue weighted by Gasteiger charge is -2.53. The zero-order valence-corrected chi connectivity index (χ0v) is 13.0. The summed E-state index contributed by atoms with van der Waals surface area (Å²) in [7, 11) is 1.81. The fourth-order valence-electron chi connectivity index (χ4n) is 4.28. The lowest BCUT2D eigenvalue weighted by molar-refractivity contribution is -0.0310. The van der Waals surface area contributed by atoms with Crippen molar-refractivity contribution in [3.8, 4) is 0 Å². The van der Waals surface area contributed by atoms with Gasteiger partial charge in [0.25, 0.3) is 0 Å². The summed E-state index contributed by atoms with van der Waals surface area (Å²) in [6.45, 7) is 7.46. The Bertz CT molecular complexity index is 278. The van der Waals surface area contributed by atoms with E-state index in [9.17, 15) is 0 Å². The Morgan fingerprint density at radius 3 is 2.53 bits per heavy atom. The number of rotatable bonds is 7. The number of methoxy groups -OCH3 is 1. The predicted molar refractivity (Wildman–Crippen MR) is 80.2 cm³/mol. The third-order valence-electron chi connectivity index (χ3n) is 5.32. The first-order valence-electron chi connectivity index (χ1n) is 8.11. The lowest BCUT2D eigenvalue weighted by Crippen LogP contribution is -2.62.